The van der Waals surface area contributed by atoms with Gasteiger partial charge in [0.1, 0.15) is 0 Å². The van der Waals surface area contributed by atoms with Crippen LogP contribution < -0.4 is 10.4 Å². The maximum atomic E-state index is 11.8. The van der Waals surface area contributed by atoms with Crippen molar-refractivity contribution in [2.45, 2.75) is 0 Å². The highest BCUT2D eigenvalue weighted by Crippen LogP contribution is 2.21. The average Bonchev–Trinajstić information content (AvgIpc) is 2.41. The van der Waals surface area contributed by atoms with Gasteiger partial charge in [-0.2, -0.15) is 5.06 Å². The van der Waals surface area contributed by atoms with Gasteiger partial charge in [-0.15, -0.1) is 0 Å². The highest BCUT2D eigenvalue weighted by molar-refractivity contribution is 6.33. The van der Waals surface area contributed by atoms with E-state index in [1.807, 2.05) is 0 Å². The average molecular weight is 263 g/mol. The molecule has 0 radical (unpaired) electrons. The number of carbonyl (C=O) groups is 1. The molecule has 0 atom stereocenters. The molecule has 0 unspecified atom stereocenters. The van der Waals surface area contributed by atoms with Crippen molar-refractivity contribution in [1.29, 1.82) is 0 Å². The van der Waals surface area contributed by atoms with E-state index in [9.17, 15) is 10.0 Å². The van der Waals surface area contributed by atoms with E-state index in [4.69, 9.17) is 11.6 Å². The summed E-state index contributed by atoms with van der Waals surface area (Å²) in [7, 11) is 0. The minimum absolute atomic E-state index is 0.377. The third-order valence-corrected chi connectivity index (χ3v) is 2.64. The second-order valence-electron chi connectivity index (χ2n) is 3.56. The zero-order valence-corrected chi connectivity index (χ0v) is 10.1. The molecule has 2 amide bonds. The molecule has 0 saturated carbocycles. The lowest BCUT2D eigenvalue weighted by atomic mass is 10.3. The minimum atomic E-state index is -0.672. The van der Waals surface area contributed by atoms with Gasteiger partial charge in [0.15, 0.2) is 0 Å². The minimum Gasteiger partial charge on any atom is -0.304 e. The summed E-state index contributed by atoms with van der Waals surface area (Å²) in [6.45, 7) is 0. The first-order chi connectivity index (χ1) is 8.68. The quantitative estimate of drug-likeness (QED) is 0.639. The van der Waals surface area contributed by atoms with Crippen molar-refractivity contribution in [2.24, 2.45) is 0 Å². The van der Waals surface area contributed by atoms with Gasteiger partial charge in [-0.25, -0.2) is 4.79 Å². The summed E-state index contributed by atoms with van der Waals surface area (Å²) < 4.78 is 0. The number of rotatable bonds is 2. The van der Waals surface area contributed by atoms with E-state index in [0.717, 1.165) is 0 Å². The largest absolute Gasteiger partial charge is 0.350 e. The van der Waals surface area contributed by atoms with Crippen LogP contribution >= 0.6 is 11.6 Å². The Labute approximate surface area is 109 Å². The number of hydrogen-bond acceptors (Lipinski definition) is 2. The predicted molar refractivity (Wildman–Crippen MR) is 71.2 cm³/mol. The van der Waals surface area contributed by atoms with Gasteiger partial charge < -0.3 is 5.32 Å². The second-order valence-corrected chi connectivity index (χ2v) is 3.96. The third kappa shape index (κ3) is 2.80. The monoisotopic (exact) mass is 262 g/mol. The number of hydrogen-bond donors (Lipinski definition) is 2. The van der Waals surface area contributed by atoms with Crippen LogP contribution in [-0.2, 0) is 0 Å². The van der Waals surface area contributed by atoms with Crippen LogP contribution in [0.15, 0.2) is 54.6 Å². The number of urea groups is 1. The van der Waals surface area contributed by atoms with Crippen LogP contribution in [0.5, 0.6) is 0 Å². The Bertz CT molecular complexity index is 546. The normalized spacial score (nSPS) is 9.89. The van der Waals surface area contributed by atoms with Crippen LogP contribution in [-0.4, -0.2) is 11.2 Å². The summed E-state index contributed by atoms with van der Waals surface area (Å²) in [6, 6.07) is 14.6. The lowest BCUT2D eigenvalue weighted by molar-refractivity contribution is 0.216. The third-order valence-electron chi connectivity index (χ3n) is 2.31. The van der Waals surface area contributed by atoms with Gasteiger partial charge in [-0.1, -0.05) is 41.9 Å². The van der Waals surface area contributed by atoms with E-state index < -0.39 is 6.03 Å². The van der Waals surface area contributed by atoms with Crippen LogP contribution in [0.25, 0.3) is 0 Å². The number of nitrogens with zero attached hydrogens (tertiary/aromatic N) is 1. The summed E-state index contributed by atoms with van der Waals surface area (Å²) in [4.78, 5) is 11.8. The molecule has 0 spiro atoms. The molecule has 0 fully saturated rings. The van der Waals surface area contributed by atoms with Crippen molar-refractivity contribution in [3.8, 4) is 0 Å². The Hall–Kier alpha value is -2.04. The molecule has 0 aliphatic rings. The highest BCUT2D eigenvalue weighted by atomic mass is 35.5. The topological polar surface area (TPSA) is 52.6 Å². The fourth-order valence-corrected chi connectivity index (χ4v) is 1.60. The molecule has 0 bridgehead atoms. The van der Waals surface area contributed by atoms with E-state index in [1.165, 1.54) is 0 Å². The van der Waals surface area contributed by atoms with E-state index in [1.54, 1.807) is 54.6 Å². The van der Waals surface area contributed by atoms with Crippen molar-refractivity contribution in [1.82, 2.24) is 0 Å². The molecule has 2 rings (SSSR count). The van der Waals surface area contributed by atoms with Crippen molar-refractivity contribution in [3.63, 3.8) is 0 Å². The summed E-state index contributed by atoms with van der Waals surface area (Å²) in [5, 5.41) is 13.2. The first-order valence-corrected chi connectivity index (χ1v) is 5.66. The van der Waals surface area contributed by atoms with Crippen LogP contribution in [0.1, 0.15) is 0 Å². The lowest BCUT2D eigenvalue weighted by Crippen LogP contribution is -2.31. The predicted octanol–water partition coefficient (Wildman–Crippen LogP) is 3.77. The van der Waals surface area contributed by atoms with Gasteiger partial charge in [0.05, 0.1) is 16.4 Å². The summed E-state index contributed by atoms with van der Waals surface area (Å²) in [6.07, 6.45) is 0. The van der Waals surface area contributed by atoms with Crippen molar-refractivity contribution < 1.29 is 10.0 Å². The van der Waals surface area contributed by atoms with Crippen molar-refractivity contribution >= 4 is 29.0 Å². The van der Waals surface area contributed by atoms with Crippen LogP contribution in [0, 0.1) is 0 Å². The fourth-order valence-electron chi connectivity index (χ4n) is 1.42. The highest BCUT2D eigenvalue weighted by Gasteiger charge is 2.13. The second kappa shape index (κ2) is 5.53. The van der Waals surface area contributed by atoms with E-state index in [0.29, 0.717) is 21.5 Å². The van der Waals surface area contributed by atoms with Crippen LogP contribution in [0.4, 0.5) is 16.2 Å². The van der Waals surface area contributed by atoms with Crippen LogP contribution in [0.2, 0.25) is 5.02 Å². The van der Waals surface area contributed by atoms with Gasteiger partial charge in [-0.05, 0) is 24.3 Å². The number of carbonyl (C=O) groups excluding carboxylic acids is 1. The molecule has 0 aliphatic heterocycles. The van der Waals surface area contributed by atoms with E-state index in [2.05, 4.69) is 5.32 Å². The maximum Gasteiger partial charge on any atom is 0.350 e. The molecule has 2 aromatic rings. The molecular formula is C13H11ClN2O2. The summed E-state index contributed by atoms with van der Waals surface area (Å²) in [5.41, 5.74) is 0.821. The Morgan fingerprint density at radius 1 is 1.06 bits per heavy atom. The number of hydroxylamine groups is 1. The first-order valence-electron chi connectivity index (χ1n) is 5.28. The Morgan fingerprint density at radius 3 is 2.33 bits per heavy atom. The Morgan fingerprint density at radius 2 is 1.67 bits per heavy atom. The molecule has 0 saturated heterocycles. The molecule has 92 valence electrons. The molecule has 5 heteroatoms. The SMILES string of the molecule is O=C(Nc1ccccc1Cl)N(O)c1ccccc1. The molecular weight excluding hydrogens is 252 g/mol. The maximum absolute atomic E-state index is 11.8. The number of nitrogens with one attached hydrogen (secondary N) is 1. The van der Waals surface area contributed by atoms with Crippen LogP contribution in [0.3, 0.4) is 0 Å². The summed E-state index contributed by atoms with van der Waals surface area (Å²) >= 11 is 5.90. The lowest BCUT2D eigenvalue weighted by Gasteiger charge is -2.16. The molecule has 18 heavy (non-hydrogen) atoms. The molecule has 0 aliphatic carbocycles. The first kappa shape index (κ1) is 12.4. The smallest absolute Gasteiger partial charge is 0.304 e. The number of anilines is 2. The van der Waals surface area contributed by atoms with Crippen molar-refractivity contribution in [3.05, 3.63) is 59.6 Å². The van der Waals surface area contributed by atoms with Gasteiger partial charge in [0.2, 0.25) is 0 Å². The standard InChI is InChI=1S/C13H11ClN2O2/c14-11-8-4-5-9-12(11)15-13(17)16(18)10-6-2-1-3-7-10/h1-9,18H,(H,15,17). The molecule has 0 aromatic heterocycles. The number of amides is 2. The number of halogens is 1. The van der Waals surface area contributed by atoms with Gasteiger partial charge in [0.25, 0.3) is 0 Å². The Kier molecular flexibility index (Phi) is 3.82. The molecule has 2 N–H and O–H groups in total. The zero-order valence-electron chi connectivity index (χ0n) is 9.38. The zero-order chi connectivity index (χ0) is 13.0. The van der Waals surface area contributed by atoms with Gasteiger partial charge in [0, 0.05) is 0 Å². The van der Waals surface area contributed by atoms with E-state index >= 15 is 0 Å². The number of benzene rings is 2. The van der Waals surface area contributed by atoms with Gasteiger partial charge >= 0.3 is 6.03 Å². The molecule has 2 aromatic carbocycles. The molecule has 4 nitrogen and oxygen atoms in total. The van der Waals surface area contributed by atoms with Gasteiger partial charge in [-0.3, -0.25) is 5.21 Å². The Balaban J connectivity index is 2.12. The number of para-hydroxylation sites is 2. The van der Waals surface area contributed by atoms with E-state index in [-0.39, 0.29) is 0 Å². The fraction of sp³-hybridized carbons (Fsp3) is 0. The van der Waals surface area contributed by atoms with Crippen molar-refractivity contribution in [2.75, 3.05) is 10.4 Å². The molecule has 0 heterocycles. The summed E-state index contributed by atoms with van der Waals surface area (Å²) in [5.74, 6) is 0.